The van der Waals surface area contributed by atoms with Gasteiger partial charge in [-0.1, -0.05) is 0 Å². The molecule has 0 aliphatic carbocycles. The monoisotopic (exact) mass is 244 g/mol. The summed E-state index contributed by atoms with van der Waals surface area (Å²) in [4.78, 5) is 11.6. The number of nitrogens with zero attached hydrogens (tertiary/aromatic N) is 2. The van der Waals surface area contributed by atoms with Gasteiger partial charge in [0.15, 0.2) is 0 Å². The molecule has 0 aromatic rings. The number of allylic oxidation sites excluding steroid dienone is 1. The Morgan fingerprint density at radius 1 is 1.73 bits per heavy atom. The summed E-state index contributed by atoms with van der Waals surface area (Å²) in [6.07, 6.45) is 4.87. The molecule has 0 aromatic heterocycles. The Morgan fingerprint density at radius 2 is 2.40 bits per heavy atom. The summed E-state index contributed by atoms with van der Waals surface area (Å²) in [5, 5.41) is 17.2. The summed E-state index contributed by atoms with van der Waals surface area (Å²) in [6.45, 7) is 1.75. The molecule has 1 N–H and O–H groups in total. The molecule has 15 heavy (non-hydrogen) atoms. The van der Waals surface area contributed by atoms with E-state index in [0.717, 1.165) is 22.9 Å². The Hall–Kier alpha value is -1.04. The second-order valence-corrected chi connectivity index (χ2v) is 4.04. The summed E-state index contributed by atoms with van der Waals surface area (Å²) in [5.74, 6) is -0.592. The predicted molar refractivity (Wildman–Crippen MR) is 54.4 cm³/mol. The number of hydrogen-bond acceptors (Lipinski definition) is 4. The van der Waals surface area contributed by atoms with E-state index in [1.165, 1.54) is 6.08 Å². The van der Waals surface area contributed by atoms with Gasteiger partial charge in [-0.05, 0) is 0 Å². The van der Waals surface area contributed by atoms with Gasteiger partial charge in [-0.3, -0.25) is 0 Å². The van der Waals surface area contributed by atoms with Crippen LogP contribution in [0.25, 0.3) is 0 Å². The average Bonchev–Trinajstić information content (AvgIpc) is 2.60. The zero-order valence-corrected chi connectivity index (χ0v) is 9.70. The Kier molecular flexibility index (Phi) is 4.14. The third kappa shape index (κ3) is 3.55. The van der Waals surface area contributed by atoms with Gasteiger partial charge < -0.3 is 0 Å². The molecule has 0 spiro atoms. The maximum atomic E-state index is 10.2. The maximum absolute atomic E-state index is 10.2. The van der Waals surface area contributed by atoms with Gasteiger partial charge >= 0.3 is 96.3 Å². The van der Waals surface area contributed by atoms with E-state index in [-0.39, 0.29) is 0 Å². The van der Waals surface area contributed by atoms with Gasteiger partial charge in [0.2, 0.25) is 0 Å². The number of amidine groups is 1. The molecule has 6 heteroatoms. The van der Waals surface area contributed by atoms with Crippen LogP contribution in [0.4, 0.5) is 0 Å². The van der Waals surface area contributed by atoms with Gasteiger partial charge in [0.05, 0.1) is 0 Å². The van der Waals surface area contributed by atoms with E-state index in [4.69, 9.17) is 5.41 Å². The van der Waals surface area contributed by atoms with Gasteiger partial charge in [-0.25, -0.2) is 0 Å². The van der Waals surface area contributed by atoms with Crippen molar-refractivity contribution in [3.05, 3.63) is 33.9 Å². The topological polar surface area (TPSA) is 70.2 Å². The van der Waals surface area contributed by atoms with Crippen molar-refractivity contribution in [2.45, 2.75) is 0 Å². The molecule has 0 bridgehead atoms. The normalized spacial score (nSPS) is 16.7. The summed E-state index contributed by atoms with van der Waals surface area (Å²) in [5.41, 5.74) is 1.14. The third-order valence-corrected chi connectivity index (χ3v) is 2.70. The van der Waals surface area contributed by atoms with E-state index < -0.39 is 10.8 Å². The van der Waals surface area contributed by atoms with Crippen molar-refractivity contribution in [3.8, 4) is 0 Å². The van der Waals surface area contributed by atoms with Crippen molar-refractivity contribution in [1.29, 1.82) is 5.41 Å². The Labute approximate surface area is 96.6 Å². The average molecular weight is 244 g/mol. The second kappa shape index (κ2) is 5.16. The van der Waals surface area contributed by atoms with E-state index in [2.05, 4.69) is 28.0 Å². The SMILES string of the molecule is CN1CC=C([C](=[V])C=CC(=N)[N+](=O)[O-])C1. The second-order valence-electron chi connectivity index (χ2n) is 3.29. The van der Waals surface area contributed by atoms with E-state index in [9.17, 15) is 10.1 Å². The fourth-order valence-electron chi connectivity index (χ4n) is 1.20. The minimum atomic E-state index is -0.716. The number of hydrogen-bond donors (Lipinski definition) is 1. The van der Waals surface area contributed by atoms with Gasteiger partial charge in [0, 0.05) is 0 Å². The molecule has 0 saturated heterocycles. The van der Waals surface area contributed by atoms with E-state index >= 15 is 0 Å². The van der Waals surface area contributed by atoms with Gasteiger partial charge in [0.1, 0.15) is 0 Å². The Balaban J connectivity index is 2.57. The predicted octanol–water partition coefficient (Wildman–Crippen LogP) is 0.388. The molecule has 1 rings (SSSR count). The molecule has 79 valence electrons. The van der Waals surface area contributed by atoms with Crippen molar-refractivity contribution in [2.75, 3.05) is 20.1 Å². The van der Waals surface area contributed by atoms with Gasteiger partial charge in [-0.15, -0.1) is 0 Å². The van der Waals surface area contributed by atoms with Crippen molar-refractivity contribution in [2.24, 2.45) is 0 Å². The molecular formula is C9H11N3O2V. The number of nitro groups is 1. The minimum absolute atomic E-state index is 0.592. The zero-order valence-electron chi connectivity index (χ0n) is 8.30. The first-order valence-electron chi connectivity index (χ1n) is 4.35. The van der Waals surface area contributed by atoms with Crippen LogP contribution in [0.15, 0.2) is 23.8 Å². The van der Waals surface area contributed by atoms with Crippen LogP contribution in [0.3, 0.4) is 0 Å². The van der Waals surface area contributed by atoms with Crippen molar-refractivity contribution < 1.29 is 21.9 Å². The molecule has 1 aliphatic rings. The zero-order chi connectivity index (χ0) is 11.4. The van der Waals surface area contributed by atoms with Crippen LogP contribution in [0.2, 0.25) is 0 Å². The first-order valence-corrected chi connectivity index (χ1v) is 5.05. The molecule has 0 radical (unpaired) electrons. The van der Waals surface area contributed by atoms with Gasteiger partial charge in [0.25, 0.3) is 0 Å². The van der Waals surface area contributed by atoms with Gasteiger partial charge in [-0.2, -0.15) is 0 Å². The molecule has 0 atom stereocenters. The number of likely N-dealkylation sites (N-methyl/N-ethyl adjacent to an activating group) is 1. The summed E-state index contributed by atoms with van der Waals surface area (Å²) >= 11 is 2.37. The first-order chi connectivity index (χ1) is 7.00. The Bertz CT molecular complexity index is 374. The van der Waals surface area contributed by atoms with E-state index in [1.54, 1.807) is 6.08 Å². The fraction of sp³-hybridized carbons (Fsp3) is 0.333. The molecule has 1 heterocycles. The number of nitrogens with one attached hydrogen (secondary N) is 1. The van der Waals surface area contributed by atoms with Crippen LogP contribution >= 0.6 is 0 Å². The molecule has 0 fully saturated rings. The quantitative estimate of drug-likeness (QED) is 0.338. The fourth-order valence-corrected chi connectivity index (χ4v) is 1.57. The molecule has 5 nitrogen and oxygen atoms in total. The summed E-state index contributed by atoms with van der Waals surface area (Å²) in [6, 6.07) is 0. The van der Waals surface area contributed by atoms with Crippen molar-refractivity contribution in [1.82, 2.24) is 4.90 Å². The summed E-state index contributed by atoms with van der Waals surface area (Å²) < 4.78 is 0.915. The van der Waals surface area contributed by atoms with Crippen LogP contribution in [0.1, 0.15) is 0 Å². The van der Waals surface area contributed by atoms with Crippen LogP contribution in [0.5, 0.6) is 0 Å². The number of rotatable bonds is 3. The van der Waals surface area contributed by atoms with Crippen molar-refractivity contribution in [3.63, 3.8) is 0 Å². The van der Waals surface area contributed by atoms with Crippen LogP contribution in [-0.4, -0.2) is 40.0 Å². The molecule has 0 aromatic carbocycles. The molecule has 1 aliphatic heterocycles. The first kappa shape index (κ1) is 12.0. The van der Waals surface area contributed by atoms with Crippen LogP contribution < -0.4 is 0 Å². The summed E-state index contributed by atoms with van der Waals surface area (Å²) in [7, 11) is 2.01. The molecular weight excluding hydrogens is 233 g/mol. The Morgan fingerprint density at radius 3 is 2.87 bits per heavy atom. The molecule has 0 saturated carbocycles. The van der Waals surface area contributed by atoms with Crippen molar-refractivity contribution >= 4 is 10.1 Å². The molecule has 0 amide bonds. The third-order valence-electron chi connectivity index (χ3n) is 2.01. The van der Waals surface area contributed by atoms with E-state index in [0.29, 0.717) is 0 Å². The van der Waals surface area contributed by atoms with Crippen LogP contribution in [-0.2, 0) is 17.0 Å². The molecule has 0 unspecified atom stereocenters. The van der Waals surface area contributed by atoms with E-state index in [1.807, 2.05) is 7.05 Å². The standard InChI is InChI=1S/C9H11N3O2.V/c1-11-6-5-8(7-11)3-2-4-9(10)12(13)14;/h2,4-5,10H,6-7H2,1H3;. The van der Waals surface area contributed by atoms with Crippen LogP contribution in [0, 0.1) is 15.5 Å².